The summed E-state index contributed by atoms with van der Waals surface area (Å²) >= 11 is 0. The lowest BCUT2D eigenvalue weighted by Gasteiger charge is -2.43. The zero-order chi connectivity index (χ0) is 28.8. The minimum absolute atomic E-state index is 0.0648. The summed E-state index contributed by atoms with van der Waals surface area (Å²) < 4.78 is 29.4. The first-order chi connectivity index (χ1) is 18.9. The molecule has 2 fully saturated rings. The number of anilines is 3. The third kappa shape index (κ3) is 3.95. The van der Waals surface area contributed by atoms with Crippen LogP contribution in [0.3, 0.4) is 0 Å². The maximum Gasteiger partial charge on any atom is 0.326 e. The Labute approximate surface area is 216 Å². The van der Waals surface area contributed by atoms with E-state index < -0.39 is 24.5 Å². The second kappa shape index (κ2) is 9.04. The highest BCUT2D eigenvalue weighted by Gasteiger charge is 2.52. The first-order valence-electron chi connectivity index (χ1n) is 12.8. The third-order valence-corrected chi connectivity index (χ3v) is 6.40. The van der Waals surface area contributed by atoms with Gasteiger partial charge in [0.15, 0.2) is 23.1 Å². The molecule has 4 heterocycles. The molecule has 0 radical (unpaired) electrons. The van der Waals surface area contributed by atoms with Gasteiger partial charge in [-0.3, -0.25) is 19.2 Å². The van der Waals surface area contributed by atoms with Crippen molar-refractivity contribution in [3.8, 4) is 17.1 Å². The Morgan fingerprint density at radius 3 is 2.73 bits per heavy atom. The van der Waals surface area contributed by atoms with E-state index in [1.54, 1.807) is 32.2 Å². The van der Waals surface area contributed by atoms with Crippen LogP contribution >= 0.6 is 0 Å². The number of β-lactam (4-membered cyclic amide) rings is 1. The summed E-state index contributed by atoms with van der Waals surface area (Å²) in [5, 5.41) is 20.0. The monoisotopic (exact) mass is 509 g/mol. The van der Waals surface area contributed by atoms with Gasteiger partial charge in [-0.2, -0.15) is 5.10 Å². The summed E-state index contributed by atoms with van der Waals surface area (Å²) in [7, 11) is 3.18. The fraction of sp³-hybridized carbons (Fsp3) is 0.348. The number of methoxy groups -OCH3 is 1. The normalized spacial score (nSPS) is 20.5. The molecule has 3 aromatic rings. The van der Waals surface area contributed by atoms with Crippen molar-refractivity contribution >= 4 is 35.0 Å². The van der Waals surface area contributed by atoms with Gasteiger partial charge in [0, 0.05) is 43.8 Å². The molecule has 2 aliphatic rings. The summed E-state index contributed by atoms with van der Waals surface area (Å²) in [6.45, 7) is -0.257. The number of para-hydroxylation sites is 1. The van der Waals surface area contributed by atoms with Gasteiger partial charge in [0.05, 0.1) is 24.0 Å². The van der Waals surface area contributed by atoms with Gasteiger partial charge >= 0.3 is 6.03 Å². The molecule has 1 aromatic carbocycles. The zero-order valence-corrected chi connectivity index (χ0v) is 20.3. The number of benzene rings is 1. The quantitative estimate of drug-likeness (QED) is 0.386. The standard InChI is InChI=1S/C23H26N10O4/c1-23(11-25-21(23)35)33-9-8-32(22(33)36)16-10-15(17(29-28-16)20(34)24-2)27-14-7-5-6-13(18(14)37-4)19-26-12-31(3)30-19/h5-7,10,12H,8-9,11H2,1-4H3,(H,24,34)(H,25,35)(H,27,28)/i2D3. The molecule has 0 aliphatic carbocycles. The second-order valence-electron chi connectivity index (χ2n) is 8.71. The summed E-state index contributed by atoms with van der Waals surface area (Å²) in [5.41, 5.74) is -0.275. The van der Waals surface area contributed by atoms with Gasteiger partial charge in [0.25, 0.3) is 5.91 Å². The van der Waals surface area contributed by atoms with Crippen LogP contribution in [0.15, 0.2) is 30.6 Å². The number of aromatic nitrogens is 5. The van der Waals surface area contributed by atoms with Crippen molar-refractivity contribution < 1.29 is 23.2 Å². The molecule has 2 aliphatic heterocycles. The molecule has 2 saturated heterocycles. The van der Waals surface area contributed by atoms with Crippen LogP contribution in [0.25, 0.3) is 11.4 Å². The first kappa shape index (κ1) is 20.4. The Kier molecular flexibility index (Phi) is 4.99. The van der Waals surface area contributed by atoms with Crippen molar-refractivity contribution in [2.45, 2.75) is 12.5 Å². The fourth-order valence-corrected chi connectivity index (χ4v) is 4.32. The molecule has 192 valence electrons. The average molecular weight is 510 g/mol. The number of nitrogens with one attached hydrogen (secondary N) is 3. The van der Waals surface area contributed by atoms with E-state index >= 15 is 0 Å². The van der Waals surface area contributed by atoms with Crippen LogP contribution in [0.1, 0.15) is 21.5 Å². The van der Waals surface area contributed by atoms with Gasteiger partial charge in [0.1, 0.15) is 11.9 Å². The fourth-order valence-electron chi connectivity index (χ4n) is 4.32. The molecule has 1 atom stereocenters. The highest BCUT2D eigenvalue weighted by atomic mass is 16.5. The Balaban J connectivity index is 1.53. The van der Waals surface area contributed by atoms with Crippen LogP contribution in [0.2, 0.25) is 0 Å². The Morgan fingerprint density at radius 1 is 1.24 bits per heavy atom. The number of amides is 4. The molecule has 0 spiro atoms. The molecule has 3 N–H and O–H groups in total. The van der Waals surface area contributed by atoms with Gasteiger partial charge in [-0.15, -0.1) is 10.2 Å². The molecule has 0 saturated carbocycles. The average Bonchev–Trinajstić information content (AvgIpc) is 3.51. The minimum Gasteiger partial charge on any atom is -0.494 e. The number of rotatable bonds is 7. The van der Waals surface area contributed by atoms with E-state index in [0.29, 0.717) is 29.4 Å². The van der Waals surface area contributed by atoms with Crippen molar-refractivity contribution in [1.82, 2.24) is 40.5 Å². The molecule has 14 heteroatoms. The van der Waals surface area contributed by atoms with E-state index in [2.05, 4.69) is 30.9 Å². The van der Waals surface area contributed by atoms with Gasteiger partial charge in [0.2, 0.25) is 5.91 Å². The van der Waals surface area contributed by atoms with Crippen molar-refractivity contribution in [3.05, 3.63) is 36.3 Å². The summed E-state index contributed by atoms with van der Waals surface area (Å²) in [4.78, 5) is 45.3. The maximum atomic E-state index is 13.3. The second-order valence-corrected chi connectivity index (χ2v) is 8.71. The number of urea groups is 1. The number of hydrogen-bond donors (Lipinski definition) is 3. The first-order valence-corrected chi connectivity index (χ1v) is 11.3. The lowest BCUT2D eigenvalue weighted by atomic mass is 9.92. The summed E-state index contributed by atoms with van der Waals surface area (Å²) in [5.74, 6) is -0.404. The Morgan fingerprint density at radius 2 is 2.08 bits per heavy atom. The molecule has 1 unspecified atom stereocenters. The number of carbonyl (C=O) groups is 3. The minimum atomic E-state index is -2.78. The predicted molar refractivity (Wildman–Crippen MR) is 133 cm³/mol. The van der Waals surface area contributed by atoms with Gasteiger partial charge in [-0.25, -0.2) is 9.78 Å². The third-order valence-electron chi connectivity index (χ3n) is 6.40. The van der Waals surface area contributed by atoms with Crippen LogP contribution in [-0.2, 0) is 11.8 Å². The van der Waals surface area contributed by atoms with E-state index in [4.69, 9.17) is 8.85 Å². The Bertz CT molecular complexity index is 1510. The van der Waals surface area contributed by atoms with Crippen LogP contribution in [0.5, 0.6) is 5.75 Å². The van der Waals surface area contributed by atoms with Crippen molar-refractivity contribution in [2.24, 2.45) is 7.05 Å². The largest absolute Gasteiger partial charge is 0.494 e. The van der Waals surface area contributed by atoms with Crippen LogP contribution in [-0.4, -0.2) is 87.0 Å². The molecular formula is C23H26N10O4. The maximum absolute atomic E-state index is 13.3. The molecule has 14 nitrogen and oxygen atoms in total. The molecule has 37 heavy (non-hydrogen) atoms. The topological polar surface area (TPSA) is 159 Å². The Hall–Kier alpha value is -4.75. The van der Waals surface area contributed by atoms with E-state index in [1.165, 1.54) is 34.0 Å². The van der Waals surface area contributed by atoms with Gasteiger partial charge in [-0.1, -0.05) is 6.07 Å². The van der Waals surface area contributed by atoms with Crippen molar-refractivity contribution in [2.75, 3.05) is 43.9 Å². The highest BCUT2D eigenvalue weighted by molar-refractivity contribution is 6.02. The SMILES string of the molecule is [2H]C([2H])([2H])NC(=O)c1nnc(N2CCN(C3(C)CNC3=O)C2=O)cc1Nc1cccc(-c2ncn(C)n2)c1OC. The molecule has 2 aromatic heterocycles. The van der Waals surface area contributed by atoms with E-state index in [1.807, 2.05) is 5.32 Å². The molecule has 4 amide bonds. The highest BCUT2D eigenvalue weighted by Crippen LogP contribution is 2.37. The van der Waals surface area contributed by atoms with Crippen LogP contribution in [0.4, 0.5) is 22.0 Å². The number of carbonyl (C=O) groups excluding carboxylic acids is 3. The molecule has 5 rings (SSSR count). The van der Waals surface area contributed by atoms with E-state index in [-0.39, 0.29) is 36.2 Å². The molecular weight excluding hydrogens is 480 g/mol. The van der Waals surface area contributed by atoms with Gasteiger partial charge < -0.3 is 25.6 Å². The van der Waals surface area contributed by atoms with Crippen LogP contribution < -0.4 is 25.6 Å². The predicted octanol–water partition coefficient (Wildman–Crippen LogP) is 0.514. The van der Waals surface area contributed by atoms with E-state index in [9.17, 15) is 14.4 Å². The van der Waals surface area contributed by atoms with Crippen molar-refractivity contribution in [3.63, 3.8) is 0 Å². The number of nitrogens with zero attached hydrogens (tertiary/aromatic N) is 7. The number of hydrogen-bond acceptors (Lipinski definition) is 9. The number of ether oxygens (including phenoxy) is 1. The van der Waals surface area contributed by atoms with Crippen molar-refractivity contribution in [1.29, 1.82) is 0 Å². The molecule has 0 bridgehead atoms. The smallest absolute Gasteiger partial charge is 0.326 e. The van der Waals surface area contributed by atoms with E-state index in [0.717, 1.165) is 0 Å². The lowest BCUT2D eigenvalue weighted by molar-refractivity contribution is -0.139. The lowest BCUT2D eigenvalue weighted by Crippen LogP contribution is -2.71. The van der Waals surface area contributed by atoms with Crippen LogP contribution in [0, 0.1) is 0 Å². The summed E-state index contributed by atoms with van der Waals surface area (Å²) in [6, 6.07) is 6.12. The summed E-state index contributed by atoms with van der Waals surface area (Å²) in [6.07, 6.45) is 1.54. The van der Waals surface area contributed by atoms with Gasteiger partial charge in [-0.05, 0) is 19.1 Å². The zero-order valence-electron chi connectivity index (χ0n) is 23.3. The number of aryl methyl sites for hydroxylation is 1.